The van der Waals surface area contributed by atoms with Gasteiger partial charge in [-0.05, 0) is 70.1 Å². The normalized spacial score (nSPS) is 13.8. The van der Waals surface area contributed by atoms with Crippen LogP contribution in [0.2, 0.25) is 0 Å². The predicted octanol–water partition coefficient (Wildman–Crippen LogP) is 3.04. The maximum atomic E-state index is 12.1. The fraction of sp³-hybridized carbons (Fsp3) is 0.333. The molecule has 0 spiro atoms. The van der Waals surface area contributed by atoms with Crippen molar-refractivity contribution in [2.24, 2.45) is 0 Å². The van der Waals surface area contributed by atoms with Crippen LogP contribution in [-0.4, -0.2) is 22.5 Å². The maximum absolute atomic E-state index is 12.1. The Hall–Kier alpha value is -0.630. The first-order valence-corrected chi connectivity index (χ1v) is 7.18. The summed E-state index contributed by atoms with van der Waals surface area (Å²) in [6.45, 7) is 3.22. The number of benzene rings is 1. The van der Waals surface area contributed by atoms with E-state index in [0.717, 1.165) is 3.57 Å². The summed E-state index contributed by atoms with van der Waals surface area (Å²) in [6, 6.07) is 5.33. The summed E-state index contributed by atoms with van der Waals surface area (Å²) >= 11 is 5.38. The Kier molecular flexibility index (Phi) is 5.15. The Labute approximate surface area is 127 Å². The largest absolute Gasteiger partial charge is 0.480 e. The van der Waals surface area contributed by atoms with E-state index in [4.69, 9.17) is 5.11 Å². The Morgan fingerprint density at radius 1 is 1.50 bits per heavy atom. The van der Waals surface area contributed by atoms with Gasteiger partial charge in [-0.1, -0.05) is 6.92 Å². The van der Waals surface area contributed by atoms with E-state index in [9.17, 15) is 9.59 Å². The molecule has 1 aromatic rings. The molecular formula is C12H13BrINO3. The number of carboxylic acid groups (broad SMARTS) is 1. The van der Waals surface area contributed by atoms with Crippen LogP contribution in [0.4, 0.5) is 0 Å². The molecule has 0 fully saturated rings. The minimum absolute atomic E-state index is 0.315. The van der Waals surface area contributed by atoms with Crippen LogP contribution in [0.1, 0.15) is 30.6 Å². The first kappa shape index (κ1) is 15.4. The lowest BCUT2D eigenvalue weighted by Gasteiger charge is -2.24. The summed E-state index contributed by atoms with van der Waals surface area (Å²) in [5.74, 6) is -1.44. The third-order valence-electron chi connectivity index (χ3n) is 2.74. The summed E-state index contributed by atoms with van der Waals surface area (Å²) in [5, 5.41) is 11.7. The van der Waals surface area contributed by atoms with Gasteiger partial charge in [0.05, 0.1) is 5.56 Å². The Bertz CT molecular complexity index is 492. The summed E-state index contributed by atoms with van der Waals surface area (Å²) in [5.41, 5.74) is -0.819. The highest BCUT2D eigenvalue weighted by Crippen LogP contribution is 2.21. The summed E-state index contributed by atoms with van der Waals surface area (Å²) in [4.78, 5) is 23.2. The quantitative estimate of drug-likeness (QED) is 0.728. The van der Waals surface area contributed by atoms with Gasteiger partial charge in [0, 0.05) is 8.04 Å². The second kappa shape index (κ2) is 6.01. The number of carboxylic acids is 1. The molecule has 0 saturated heterocycles. The molecule has 0 radical (unpaired) electrons. The fourth-order valence-electron chi connectivity index (χ4n) is 1.28. The van der Waals surface area contributed by atoms with Crippen molar-refractivity contribution < 1.29 is 14.7 Å². The molecule has 0 heterocycles. The second-order valence-corrected chi connectivity index (χ2v) is 6.17. The van der Waals surface area contributed by atoms with Gasteiger partial charge in [-0.15, -0.1) is 0 Å². The molecule has 1 atom stereocenters. The average Bonchev–Trinajstić information content (AvgIpc) is 2.31. The molecule has 4 nitrogen and oxygen atoms in total. The van der Waals surface area contributed by atoms with Crippen molar-refractivity contribution in [1.82, 2.24) is 5.32 Å². The fourth-order valence-corrected chi connectivity index (χ4v) is 2.20. The minimum atomic E-state index is -1.25. The smallest absolute Gasteiger partial charge is 0.329 e. The Balaban J connectivity index is 3.02. The van der Waals surface area contributed by atoms with Gasteiger partial charge in [0.15, 0.2) is 0 Å². The van der Waals surface area contributed by atoms with E-state index in [-0.39, 0.29) is 0 Å². The van der Waals surface area contributed by atoms with Crippen molar-refractivity contribution in [3.63, 3.8) is 0 Å². The van der Waals surface area contributed by atoms with Gasteiger partial charge in [0.1, 0.15) is 5.54 Å². The molecule has 0 saturated carbocycles. The molecule has 6 heteroatoms. The van der Waals surface area contributed by atoms with Gasteiger partial charge >= 0.3 is 5.97 Å². The predicted molar refractivity (Wildman–Crippen MR) is 80.7 cm³/mol. The molecule has 1 aromatic carbocycles. The Morgan fingerprint density at radius 2 is 2.11 bits per heavy atom. The van der Waals surface area contributed by atoms with E-state index in [2.05, 4.69) is 43.8 Å². The number of hydrogen-bond donors (Lipinski definition) is 2. The van der Waals surface area contributed by atoms with E-state index >= 15 is 0 Å². The highest BCUT2D eigenvalue weighted by atomic mass is 127. The lowest BCUT2D eigenvalue weighted by molar-refractivity contribution is -0.143. The lowest BCUT2D eigenvalue weighted by Crippen LogP contribution is -2.51. The molecule has 0 aliphatic rings. The molecular weight excluding hydrogens is 413 g/mol. The number of aliphatic carboxylic acids is 1. The van der Waals surface area contributed by atoms with E-state index in [1.54, 1.807) is 19.1 Å². The summed E-state index contributed by atoms with van der Waals surface area (Å²) in [6.07, 6.45) is 0.315. The van der Waals surface area contributed by atoms with Crippen LogP contribution < -0.4 is 5.32 Å². The summed E-state index contributed by atoms with van der Waals surface area (Å²) in [7, 11) is 0. The standard InChI is InChI=1S/C12H13BrINO3/c1-3-12(2,11(17)18)15-10(16)8-6-7(14)4-5-9(8)13/h4-6H,3H2,1-2H3,(H,15,16)(H,17,18). The molecule has 0 aliphatic carbocycles. The first-order valence-electron chi connectivity index (χ1n) is 5.31. The molecule has 1 amide bonds. The topological polar surface area (TPSA) is 66.4 Å². The SMILES string of the molecule is CCC(C)(NC(=O)c1cc(I)ccc1Br)C(=O)O. The van der Waals surface area contributed by atoms with Gasteiger partial charge in [-0.25, -0.2) is 4.79 Å². The van der Waals surface area contributed by atoms with Gasteiger partial charge < -0.3 is 10.4 Å². The van der Waals surface area contributed by atoms with Crippen molar-refractivity contribution in [3.05, 3.63) is 31.8 Å². The van der Waals surface area contributed by atoms with Crippen LogP contribution in [0, 0.1) is 3.57 Å². The molecule has 0 aromatic heterocycles. The van der Waals surface area contributed by atoms with Crippen molar-refractivity contribution in [1.29, 1.82) is 0 Å². The molecule has 1 rings (SSSR count). The zero-order valence-corrected chi connectivity index (χ0v) is 13.7. The summed E-state index contributed by atoms with van der Waals surface area (Å²) < 4.78 is 1.55. The van der Waals surface area contributed by atoms with Crippen LogP contribution in [0.15, 0.2) is 22.7 Å². The van der Waals surface area contributed by atoms with Gasteiger partial charge in [-0.2, -0.15) is 0 Å². The monoisotopic (exact) mass is 425 g/mol. The zero-order chi connectivity index (χ0) is 13.9. The highest BCUT2D eigenvalue weighted by molar-refractivity contribution is 14.1. The molecule has 0 aliphatic heterocycles. The van der Waals surface area contributed by atoms with Gasteiger partial charge in [0.2, 0.25) is 0 Å². The number of carbonyl (C=O) groups is 2. The number of hydrogen-bond acceptors (Lipinski definition) is 2. The molecule has 2 N–H and O–H groups in total. The Morgan fingerprint density at radius 3 is 2.61 bits per heavy atom. The van der Waals surface area contributed by atoms with Crippen molar-refractivity contribution in [2.45, 2.75) is 25.8 Å². The highest BCUT2D eigenvalue weighted by Gasteiger charge is 2.33. The van der Waals surface area contributed by atoms with Crippen molar-refractivity contribution >= 4 is 50.4 Å². The van der Waals surface area contributed by atoms with E-state index in [1.807, 2.05) is 6.07 Å². The average molecular weight is 426 g/mol. The molecule has 18 heavy (non-hydrogen) atoms. The van der Waals surface area contributed by atoms with Gasteiger partial charge in [0.25, 0.3) is 5.91 Å². The molecule has 98 valence electrons. The maximum Gasteiger partial charge on any atom is 0.329 e. The van der Waals surface area contributed by atoms with Gasteiger partial charge in [-0.3, -0.25) is 4.79 Å². The number of amides is 1. The minimum Gasteiger partial charge on any atom is -0.480 e. The van der Waals surface area contributed by atoms with Crippen LogP contribution >= 0.6 is 38.5 Å². The number of nitrogens with one attached hydrogen (secondary N) is 1. The second-order valence-electron chi connectivity index (χ2n) is 4.07. The number of carbonyl (C=O) groups excluding carboxylic acids is 1. The van der Waals surface area contributed by atoms with Crippen molar-refractivity contribution in [3.8, 4) is 0 Å². The number of rotatable bonds is 4. The van der Waals surface area contributed by atoms with Crippen molar-refractivity contribution in [2.75, 3.05) is 0 Å². The zero-order valence-electron chi connectivity index (χ0n) is 9.96. The van der Waals surface area contributed by atoms with Crippen LogP contribution in [-0.2, 0) is 4.79 Å². The van der Waals surface area contributed by atoms with Crippen LogP contribution in [0.3, 0.4) is 0 Å². The molecule has 0 bridgehead atoms. The first-order chi connectivity index (χ1) is 8.30. The third kappa shape index (κ3) is 3.44. The van der Waals surface area contributed by atoms with E-state index in [0.29, 0.717) is 16.5 Å². The lowest BCUT2D eigenvalue weighted by atomic mass is 9.98. The van der Waals surface area contributed by atoms with E-state index < -0.39 is 17.4 Å². The van der Waals surface area contributed by atoms with E-state index in [1.165, 1.54) is 6.92 Å². The third-order valence-corrected chi connectivity index (χ3v) is 4.10. The molecule has 1 unspecified atom stereocenters. The number of halogens is 2. The van der Waals surface area contributed by atoms with Crippen LogP contribution in [0.5, 0.6) is 0 Å². The van der Waals surface area contributed by atoms with Crippen LogP contribution in [0.25, 0.3) is 0 Å².